The molecule has 1 N–H and O–H groups in total. The fraction of sp³-hybridized carbons (Fsp3) is 0.933. The lowest BCUT2D eigenvalue weighted by Gasteiger charge is -2.32. The molecule has 0 spiro atoms. The average molecular weight is 249 g/mol. The number of nitriles is 1. The van der Waals surface area contributed by atoms with Gasteiger partial charge in [0, 0.05) is 11.6 Å². The van der Waals surface area contributed by atoms with Gasteiger partial charge in [-0.2, -0.15) is 5.26 Å². The van der Waals surface area contributed by atoms with Crippen LogP contribution in [0.1, 0.15) is 59.3 Å². The van der Waals surface area contributed by atoms with Gasteiger partial charge < -0.3 is 0 Å². The van der Waals surface area contributed by atoms with Gasteiger partial charge in [-0.25, -0.2) is 0 Å². The highest BCUT2D eigenvalue weighted by Gasteiger charge is 2.34. The van der Waals surface area contributed by atoms with Crippen LogP contribution in [-0.2, 0) is 0 Å². The van der Waals surface area contributed by atoms with E-state index in [1.165, 1.54) is 32.2 Å². The number of hydrogen-bond donors (Lipinski definition) is 1. The van der Waals surface area contributed by atoms with Crippen molar-refractivity contribution in [2.45, 2.75) is 76.4 Å². The molecule has 1 saturated carbocycles. The van der Waals surface area contributed by atoms with Gasteiger partial charge in [0.2, 0.25) is 0 Å². The van der Waals surface area contributed by atoms with Gasteiger partial charge in [0.15, 0.2) is 0 Å². The quantitative estimate of drug-likeness (QED) is 0.786. The molecule has 2 rings (SSSR count). The number of hydrogen-bond acceptors (Lipinski definition) is 3. The van der Waals surface area contributed by atoms with Crippen LogP contribution in [0.3, 0.4) is 0 Å². The van der Waals surface area contributed by atoms with Gasteiger partial charge >= 0.3 is 0 Å². The maximum Gasteiger partial charge on any atom is 0.104 e. The molecule has 1 aliphatic heterocycles. The van der Waals surface area contributed by atoms with Crippen molar-refractivity contribution in [3.63, 3.8) is 0 Å². The number of likely N-dealkylation sites (tertiary alicyclic amines) is 1. The summed E-state index contributed by atoms with van der Waals surface area (Å²) in [5.74, 6) is 0. The van der Waals surface area contributed by atoms with Crippen molar-refractivity contribution in [2.75, 3.05) is 13.1 Å². The molecule has 3 heteroatoms. The second-order valence-corrected chi connectivity index (χ2v) is 6.87. The van der Waals surface area contributed by atoms with Crippen molar-refractivity contribution in [1.82, 2.24) is 10.2 Å². The lowest BCUT2D eigenvalue weighted by Crippen LogP contribution is -2.44. The first-order valence-corrected chi connectivity index (χ1v) is 7.39. The monoisotopic (exact) mass is 249 g/mol. The largest absolute Gasteiger partial charge is 0.298 e. The molecule has 1 atom stereocenters. The van der Waals surface area contributed by atoms with Crippen LogP contribution in [0.25, 0.3) is 0 Å². The minimum absolute atomic E-state index is 0.314. The fourth-order valence-corrected chi connectivity index (χ4v) is 3.04. The molecular weight excluding hydrogens is 222 g/mol. The summed E-state index contributed by atoms with van der Waals surface area (Å²) in [7, 11) is 0. The molecule has 3 nitrogen and oxygen atoms in total. The molecule has 1 aliphatic carbocycles. The van der Waals surface area contributed by atoms with Crippen LogP contribution in [0.15, 0.2) is 0 Å². The van der Waals surface area contributed by atoms with Gasteiger partial charge in [-0.05, 0) is 72.4 Å². The summed E-state index contributed by atoms with van der Waals surface area (Å²) in [5, 5.41) is 12.8. The normalized spacial score (nSPS) is 26.8. The molecule has 1 saturated heterocycles. The number of nitrogens with one attached hydrogen (secondary N) is 1. The van der Waals surface area contributed by atoms with Crippen molar-refractivity contribution in [3.8, 4) is 6.07 Å². The SMILES string of the molecule is CC(C#N)(CCCN1CCCC1(C)C)NC1CC1. The van der Waals surface area contributed by atoms with Gasteiger partial charge in [-0.1, -0.05) is 0 Å². The zero-order chi connectivity index (χ0) is 13.2. The molecule has 1 unspecified atom stereocenters. The van der Waals surface area contributed by atoms with Crippen LogP contribution in [0, 0.1) is 11.3 Å². The average Bonchev–Trinajstić information content (AvgIpc) is 3.04. The first-order chi connectivity index (χ1) is 8.45. The molecule has 18 heavy (non-hydrogen) atoms. The maximum absolute atomic E-state index is 9.33. The Morgan fingerprint density at radius 3 is 2.67 bits per heavy atom. The Labute approximate surface area is 112 Å². The third-order valence-corrected chi connectivity index (χ3v) is 4.52. The molecule has 0 aromatic rings. The summed E-state index contributed by atoms with van der Waals surface area (Å²) in [5.41, 5.74) is 0.0536. The van der Waals surface area contributed by atoms with Gasteiger partial charge in [-0.3, -0.25) is 10.2 Å². The maximum atomic E-state index is 9.33. The molecule has 102 valence electrons. The standard InChI is InChI=1S/C15H27N3/c1-14(2)8-4-10-18(14)11-5-9-15(3,12-16)17-13-6-7-13/h13,17H,4-11H2,1-3H3. The van der Waals surface area contributed by atoms with E-state index in [2.05, 4.69) is 37.1 Å². The van der Waals surface area contributed by atoms with E-state index in [0.29, 0.717) is 11.6 Å². The summed E-state index contributed by atoms with van der Waals surface area (Å²) < 4.78 is 0. The van der Waals surface area contributed by atoms with Crippen LogP contribution in [0.4, 0.5) is 0 Å². The molecule has 2 fully saturated rings. The Hall–Kier alpha value is -0.590. The Bertz CT molecular complexity index is 327. The predicted octanol–water partition coefficient (Wildman–Crippen LogP) is 2.68. The summed E-state index contributed by atoms with van der Waals surface area (Å²) >= 11 is 0. The minimum atomic E-state index is -0.314. The Balaban J connectivity index is 1.75. The zero-order valence-corrected chi connectivity index (χ0v) is 12.1. The van der Waals surface area contributed by atoms with E-state index in [1.54, 1.807) is 0 Å². The second kappa shape index (κ2) is 5.19. The number of nitrogens with zero attached hydrogens (tertiary/aromatic N) is 2. The molecule has 1 heterocycles. The van der Waals surface area contributed by atoms with Crippen LogP contribution in [-0.4, -0.2) is 35.1 Å². The lowest BCUT2D eigenvalue weighted by molar-refractivity contribution is 0.168. The summed E-state index contributed by atoms with van der Waals surface area (Å²) in [4.78, 5) is 2.59. The Morgan fingerprint density at radius 2 is 2.17 bits per heavy atom. The minimum Gasteiger partial charge on any atom is -0.298 e. The van der Waals surface area contributed by atoms with Crippen LogP contribution in [0.2, 0.25) is 0 Å². The summed E-state index contributed by atoms with van der Waals surface area (Å²) in [6.45, 7) is 9.10. The predicted molar refractivity (Wildman–Crippen MR) is 74.3 cm³/mol. The first kappa shape index (κ1) is 13.8. The van der Waals surface area contributed by atoms with Crippen molar-refractivity contribution >= 4 is 0 Å². The third-order valence-electron chi connectivity index (χ3n) is 4.52. The van der Waals surface area contributed by atoms with Crippen LogP contribution < -0.4 is 5.32 Å². The molecular formula is C15H27N3. The van der Waals surface area contributed by atoms with Crippen LogP contribution in [0.5, 0.6) is 0 Å². The van der Waals surface area contributed by atoms with E-state index in [9.17, 15) is 5.26 Å². The first-order valence-electron chi connectivity index (χ1n) is 7.39. The van der Waals surface area contributed by atoms with E-state index in [-0.39, 0.29) is 5.54 Å². The molecule has 0 aromatic carbocycles. The van der Waals surface area contributed by atoms with Gasteiger partial charge in [-0.15, -0.1) is 0 Å². The van der Waals surface area contributed by atoms with Gasteiger partial charge in [0.25, 0.3) is 0 Å². The zero-order valence-electron chi connectivity index (χ0n) is 12.1. The highest BCUT2D eigenvalue weighted by atomic mass is 15.2. The van der Waals surface area contributed by atoms with Crippen LogP contribution >= 0.6 is 0 Å². The van der Waals surface area contributed by atoms with Crippen molar-refractivity contribution in [2.24, 2.45) is 0 Å². The van der Waals surface area contributed by atoms with Crippen molar-refractivity contribution < 1.29 is 0 Å². The van der Waals surface area contributed by atoms with Crippen molar-refractivity contribution in [1.29, 1.82) is 5.26 Å². The molecule has 0 radical (unpaired) electrons. The second-order valence-electron chi connectivity index (χ2n) is 6.87. The fourth-order valence-electron chi connectivity index (χ4n) is 3.04. The topological polar surface area (TPSA) is 39.1 Å². The highest BCUT2D eigenvalue weighted by molar-refractivity contribution is 5.07. The highest BCUT2D eigenvalue weighted by Crippen LogP contribution is 2.29. The molecule has 2 aliphatic rings. The van der Waals surface area contributed by atoms with E-state index in [1.807, 2.05) is 0 Å². The molecule has 0 bridgehead atoms. The van der Waals surface area contributed by atoms with E-state index in [0.717, 1.165) is 19.4 Å². The Morgan fingerprint density at radius 1 is 1.44 bits per heavy atom. The van der Waals surface area contributed by atoms with Crippen molar-refractivity contribution in [3.05, 3.63) is 0 Å². The van der Waals surface area contributed by atoms with E-state index in [4.69, 9.17) is 0 Å². The van der Waals surface area contributed by atoms with E-state index >= 15 is 0 Å². The Kier molecular flexibility index (Phi) is 3.99. The lowest BCUT2D eigenvalue weighted by atomic mass is 9.96. The molecule has 0 aromatic heterocycles. The van der Waals surface area contributed by atoms with Gasteiger partial charge in [0.05, 0.1) is 6.07 Å². The van der Waals surface area contributed by atoms with Gasteiger partial charge in [0.1, 0.15) is 5.54 Å². The number of rotatable bonds is 6. The van der Waals surface area contributed by atoms with E-state index < -0.39 is 0 Å². The summed E-state index contributed by atoms with van der Waals surface area (Å²) in [6, 6.07) is 3.08. The summed E-state index contributed by atoms with van der Waals surface area (Å²) in [6.07, 6.45) is 7.21. The molecule has 0 amide bonds. The third kappa shape index (κ3) is 3.46. The smallest absolute Gasteiger partial charge is 0.104 e.